The number of imidazole rings is 1. The maximum absolute atomic E-state index is 11.0. The van der Waals surface area contributed by atoms with Gasteiger partial charge in [0.05, 0.1) is 0 Å². The van der Waals surface area contributed by atoms with Crippen molar-refractivity contribution >= 4 is 11.6 Å². The van der Waals surface area contributed by atoms with Crippen molar-refractivity contribution < 1.29 is 4.92 Å². The number of hydrogen-bond donors (Lipinski definition) is 1. The van der Waals surface area contributed by atoms with Gasteiger partial charge in [0.15, 0.2) is 0 Å². The Labute approximate surface area is 105 Å². The van der Waals surface area contributed by atoms with Crippen LogP contribution < -0.4 is 10.2 Å². The molecule has 2 saturated heterocycles. The molecule has 3 heterocycles. The van der Waals surface area contributed by atoms with Crippen LogP contribution >= 0.6 is 0 Å². The Morgan fingerprint density at radius 3 is 3.11 bits per heavy atom. The summed E-state index contributed by atoms with van der Waals surface area (Å²) in [6.45, 7) is 2.78. The highest BCUT2D eigenvalue weighted by molar-refractivity contribution is 5.55. The normalized spacial score (nSPS) is 27.3. The lowest BCUT2D eigenvalue weighted by atomic mass is 9.94. The first kappa shape index (κ1) is 11.5. The van der Waals surface area contributed by atoms with Gasteiger partial charge in [0.1, 0.15) is 0 Å². The van der Waals surface area contributed by atoms with Crippen LogP contribution in [0, 0.1) is 16.0 Å². The van der Waals surface area contributed by atoms with E-state index in [4.69, 9.17) is 0 Å². The van der Waals surface area contributed by atoms with Crippen molar-refractivity contribution in [3.8, 4) is 0 Å². The molecule has 0 unspecified atom stereocenters. The molecule has 1 N–H and O–H groups in total. The lowest BCUT2D eigenvalue weighted by Gasteiger charge is -2.24. The lowest BCUT2D eigenvalue weighted by Crippen LogP contribution is -2.40. The standard InChI is InChI=1S/C11H17N5O2/c1-14-7-13-10(16(17)18)11(14)15-5-8-3-2-4-12-9(8)6-15/h7-9,12H,2-6H2,1H3/t8-,9+/m0/s1. The van der Waals surface area contributed by atoms with E-state index in [2.05, 4.69) is 15.2 Å². The van der Waals surface area contributed by atoms with E-state index in [0.29, 0.717) is 17.8 Å². The zero-order valence-corrected chi connectivity index (χ0v) is 10.4. The highest BCUT2D eigenvalue weighted by atomic mass is 16.6. The third kappa shape index (κ3) is 1.74. The van der Waals surface area contributed by atoms with Gasteiger partial charge in [0.2, 0.25) is 12.1 Å². The molecule has 3 rings (SSSR count). The Morgan fingerprint density at radius 1 is 1.56 bits per heavy atom. The number of aryl methyl sites for hydroxylation is 1. The van der Waals surface area contributed by atoms with Crippen LogP contribution in [0.4, 0.5) is 11.6 Å². The average Bonchev–Trinajstić information content (AvgIpc) is 2.91. The topological polar surface area (TPSA) is 76.2 Å². The van der Waals surface area contributed by atoms with E-state index in [1.807, 2.05) is 7.05 Å². The second kappa shape index (κ2) is 4.24. The van der Waals surface area contributed by atoms with Crippen LogP contribution in [0.25, 0.3) is 0 Å². The van der Waals surface area contributed by atoms with Crippen LogP contribution in [0.15, 0.2) is 6.33 Å². The molecule has 0 aliphatic carbocycles. The monoisotopic (exact) mass is 251 g/mol. The maximum Gasteiger partial charge on any atom is 0.406 e. The Hall–Kier alpha value is -1.63. The van der Waals surface area contributed by atoms with Gasteiger partial charge in [-0.1, -0.05) is 0 Å². The molecule has 0 amide bonds. The number of nitro groups is 1. The van der Waals surface area contributed by atoms with E-state index in [1.165, 1.54) is 19.2 Å². The molecular formula is C11H17N5O2. The van der Waals surface area contributed by atoms with Crippen LogP contribution in [0.1, 0.15) is 12.8 Å². The van der Waals surface area contributed by atoms with Crippen molar-refractivity contribution in [1.82, 2.24) is 14.9 Å². The van der Waals surface area contributed by atoms with Crippen LogP contribution in [-0.4, -0.2) is 40.2 Å². The number of rotatable bonds is 2. The first-order valence-corrected chi connectivity index (χ1v) is 6.31. The summed E-state index contributed by atoms with van der Waals surface area (Å²) in [4.78, 5) is 16.6. The SMILES string of the molecule is Cn1cnc([N+](=O)[O-])c1N1C[C@@H]2CCCN[C@@H]2C1. The fraction of sp³-hybridized carbons (Fsp3) is 0.727. The van der Waals surface area contributed by atoms with Gasteiger partial charge in [-0.15, -0.1) is 0 Å². The van der Waals surface area contributed by atoms with Crippen LogP contribution in [0.3, 0.4) is 0 Å². The Balaban J connectivity index is 1.87. The number of piperidine rings is 1. The zero-order valence-electron chi connectivity index (χ0n) is 10.4. The van der Waals surface area contributed by atoms with Crippen molar-refractivity contribution in [2.24, 2.45) is 13.0 Å². The molecule has 7 heteroatoms. The fourth-order valence-electron chi connectivity index (χ4n) is 3.12. The maximum atomic E-state index is 11.0. The summed E-state index contributed by atoms with van der Waals surface area (Å²) < 4.78 is 1.75. The molecule has 18 heavy (non-hydrogen) atoms. The third-order valence-corrected chi connectivity index (χ3v) is 3.96. The van der Waals surface area contributed by atoms with Crippen molar-refractivity contribution in [1.29, 1.82) is 0 Å². The predicted octanol–water partition coefficient (Wildman–Crippen LogP) is 0.516. The van der Waals surface area contributed by atoms with Crippen molar-refractivity contribution in [2.75, 3.05) is 24.5 Å². The highest BCUT2D eigenvalue weighted by Crippen LogP contribution is 2.33. The van der Waals surface area contributed by atoms with Crippen molar-refractivity contribution in [3.63, 3.8) is 0 Å². The van der Waals surface area contributed by atoms with E-state index in [1.54, 1.807) is 4.57 Å². The molecule has 0 spiro atoms. The molecule has 0 bridgehead atoms. The largest absolute Gasteiger partial charge is 0.406 e. The van der Waals surface area contributed by atoms with Gasteiger partial charge in [-0.3, -0.25) is 4.57 Å². The van der Waals surface area contributed by atoms with E-state index >= 15 is 0 Å². The van der Waals surface area contributed by atoms with Gasteiger partial charge < -0.3 is 20.3 Å². The quantitative estimate of drug-likeness (QED) is 0.612. The fourth-order valence-corrected chi connectivity index (χ4v) is 3.12. The summed E-state index contributed by atoms with van der Waals surface area (Å²) in [6, 6.07) is 0.466. The first-order chi connectivity index (χ1) is 8.66. The minimum atomic E-state index is -0.398. The van der Waals surface area contributed by atoms with Gasteiger partial charge in [-0.25, -0.2) is 0 Å². The molecule has 7 nitrogen and oxygen atoms in total. The predicted molar refractivity (Wildman–Crippen MR) is 66.6 cm³/mol. The molecule has 0 aromatic carbocycles. The lowest BCUT2D eigenvalue weighted by molar-refractivity contribution is -0.388. The third-order valence-electron chi connectivity index (χ3n) is 3.96. The Kier molecular flexibility index (Phi) is 2.70. The molecule has 98 valence electrons. The van der Waals surface area contributed by atoms with Crippen molar-refractivity contribution in [2.45, 2.75) is 18.9 Å². The van der Waals surface area contributed by atoms with Crippen LogP contribution in [0.2, 0.25) is 0 Å². The molecule has 1 aromatic heterocycles. The summed E-state index contributed by atoms with van der Waals surface area (Å²) in [5.41, 5.74) is 0. The van der Waals surface area contributed by atoms with Gasteiger partial charge in [0, 0.05) is 26.2 Å². The molecule has 2 aliphatic rings. The number of fused-ring (bicyclic) bond motifs is 1. The minimum absolute atomic E-state index is 0.0313. The van der Waals surface area contributed by atoms with E-state index in [0.717, 1.165) is 19.6 Å². The summed E-state index contributed by atoms with van der Waals surface area (Å²) in [7, 11) is 1.81. The number of nitrogens with zero attached hydrogens (tertiary/aromatic N) is 4. The number of anilines is 1. The summed E-state index contributed by atoms with van der Waals surface area (Å²) in [5, 5.41) is 14.5. The molecule has 1 aromatic rings. The summed E-state index contributed by atoms with van der Waals surface area (Å²) in [6.07, 6.45) is 3.92. The van der Waals surface area contributed by atoms with Crippen LogP contribution in [0.5, 0.6) is 0 Å². The van der Waals surface area contributed by atoms with Gasteiger partial charge in [-0.2, -0.15) is 0 Å². The van der Waals surface area contributed by atoms with Crippen molar-refractivity contribution in [3.05, 3.63) is 16.4 Å². The summed E-state index contributed by atoms with van der Waals surface area (Å²) in [5.74, 6) is 1.21. The second-order valence-corrected chi connectivity index (χ2v) is 5.13. The molecule has 2 fully saturated rings. The number of aromatic nitrogens is 2. The van der Waals surface area contributed by atoms with Gasteiger partial charge >= 0.3 is 5.82 Å². The van der Waals surface area contributed by atoms with Crippen LogP contribution in [-0.2, 0) is 7.05 Å². The Morgan fingerprint density at radius 2 is 2.39 bits per heavy atom. The van der Waals surface area contributed by atoms with E-state index in [9.17, 15) is 10.1 Å². The molecule has 2 aliphatic heterocycles. The minimum Gasteiger partial charge on any atom is -0.358 e. The number of nitrogens with one attached hydrogen (secondary N) is 1. The average molecular weight is 251 g/mol. The Bertz CT molecular complexity index is 458. The van der Waals surface area contributed by atoms with Gasteiger partial charge in [-0.05, 0) is 35.2 Å². The van der Waals surface area contributed by atoms with E-state index < -0.39 is 4.92 Å². The zero-order chi connectivity index (χ0) is 12.7. The first-order valence-electron chi connectivity index (χ1n) is 6.31. The molecule has 2 atom stereocenters. The molecule has 0 radical (unpaired) electrons. The highest BCUT2D eigenvalue weighted by Gasteiger charge is 2.38. The number of hydrogen-bond acceptors (Lipinski definition) is 5. The second-order valence-electron chi connectivity index (χ2n) is 5.13. The molecular weight excluding hydrogens is 234 g/mol. The summed E-state index contributed by atoms with van der Waals surface area (Å²) >= 11 is 0. The van der Waals surface area contributed by atoms with E-state index in [-0.39, 0.29) is 5.82 Å². The molecule has 0 saturated carbocycles. The van der Waals surface area contributed by atoms with Gasteiger partial charge in [0.25, 0.3) is 0 Å². The smallest absolute Gasteiger partial charge is 0.358 e.